The summed E-state index contributed by atoms with van der Waals surface area (Å²) in [6.45, 7) is 1.97. The van der Waals surface area contributed by atoms with Crippen molar-refractivity contribution in [3.05, 3.63) is 59.2 Å². The van der Waals surface area contributed by atoms with Gasteiger partial charge < -0.3 is 15.7 Å². The molecule has 0 aromatic heterocycles. The molecule has 124 valence electrons. The van der Waals surface area contributed by atoms with Gasteiger partial charge in [0.05, 0.1) is 12.1 Å². The van der Waals surface area contributed by atoms with Crippen LogP contribution in [0.4, 0.5) is 10.5 Å². The van der Waals surface area contributed by atoms with Crippen LogP contribution in [0, 0.1) is 0 Å². The van der Waals surface area contributed by atoms with E-state index < -0.39 is 0 Å². The lowest BCUT2D eigenvalue weighted by Gasteiger charge is -2.24. The van der Waals surface area contributed by atoms with Gasteiger partial charge >= 0.3 is 6.03 Å². The maximum atomic E-state index is 12.3. The minimum absolute atomic E-state index is 0.0734. The molecule has 2 atom stereocenters. The highest BCUT2D eigenvalue weighted by molar-refractivity contribution is 6.32. The fourth-order valence-electron chi connectivity index (χ4n) is 3.18. The van der Waals surface area contributed by atoms with Gasteiger partial charge in [-0.25, -0.2) is 4.79 Å². The normalized spacial score (nSPS) is 17.7. The minimum atomic E-state index is -0.324. The monoisotopic (exact) mass is 322 g/mol. The molecule has 0 bridgehead atoms. The van der Waals surface area contributed by atoms with Crippen LogP contribution >= 0.6 is 0 Å². The van der Waals surface area contributed by atoms with Crippen LogP contribution in [0.3, 0.4) is 0 Å². The third-order valence-electron chi connectivity index (χ3n) is 4.63. The van der Waals surface area contributed by atoms with Crippen molar-refractivity contribution in [3.63, 3.8) is 0 Å². The lowest BCUT2D eigenvalue weighted by Crippen LogP contribution is -2.32. The zero-order valence-electron chi connectivity index (χ0n) is 14.2. The van der Waals surface area contributed by atoms with E-state index in [-0.39, 0.29) is 18.2 Å². The molecule has 2 unspecified atom stereocenters. The Morgan fingerprint density at radius 3 is 2.75 bits per heavy atom. The summed E-state index contributed by atoms with van der Waals surface area (Å²) in [6, 6.07) is 13.8. The Morgan fingerprint density at radius 2 is 2.00 bits per heavy atom. The van der Waals surface area contributed by atoms with Crippen molar-refractivity contribution in [2.45, 2.75) is 38.3 Å². The number of benzene rings is 2. The molecule has 1 aliphatic rings. The van der Waals surface area contributed by atoms with E-state index in [0.29, 0.717) is 6.42 Å². The van der Waals surface area contributed by atoms with Crippen LogP contribution < -0.4 is 16.1 Å². The first-order chi connectivity index (χ1) is 11.5. The molecule has 2 aromatic rings. The molecule has 2 amide bonds. The second-order valence-electron chi connectivity index (χ2n) is 6.57. The quantitative estimate of drug-likeness (QED) is 0.753. The summed E-state index contributed by atoms with van der Waals surface area (Å²) in [4.78, 5) is 12.3. The van der Waals surface area contributed by atoms with Gasteiger partial charge in [-0.15, -0.1) is 0 Å². The summed E-state index contributed by atoms with van der Waals surface area (Å²) >= 11 is 0. The first-order valence-corrected chi connectivity index (χ1v) is 8.46. The fraction of sp³-hybridized carbons (Fsp3) is 0.316. The molecule has 0 saturated carbocycles. The van der Waals surface area contributed by atoms with E-state index in [1.807, 2.05) is 51.2 Å². The molecule has 5 heteroatoms. The van der Waals surface area contributed by atoms with E-state index in [0.717, 1.165) is 29.7 Å². The van der Waals surface area contributed by atoms with E-state index in [4.69, 9.17) is 0 Å². The number of anilines is 1. The highest BCUT2D eigenvalue weighted by Gasteiger charge is 2.20. The van der Waals surface area contributed by atoms with Crippen molar-refractivity contribution < 1.29 is 9.90 Å². The SMILES string of the molecule is Bc1ccc(C(C)NC(=O)Nc2cccc3c2CC(O)CC3)cc1. The molecular weight excluding hydrogens is 299 g/mol. The number of aliphatic hydroxyl groups is 1. The van der Waals surface area contributed by atoms with Crippen LogP contribution in [0.15, 0.2) is 42.5 Å². The molecule has 0 fully saturated rings. The highest BCUT2D eigenvalue weighted by Crippen LogP contribution is 2.28. The number of carbonyl (C=O) groups is 1. The molecule has 0 heterocycles. The maximum absolute atomic E-state index is 12.3. The number of hydrogen-bond acceptors (Lipinski definition) is 2. The summed E-state index contributed by atoms with van der Waals surface area (Å²) in [5.74, 6) is 0. The van der Waals surface area contributed by atoms with Crippen molar-refractivity contribution in [1.29, 1.82) is 0 Å². The predicted octanol–water partition coefficient (Wildman–Crippen LogP) is 1.68. The van der Waals surface area contributed by atoms with Crippen LogP contribution in [0.1, 0.15) is 36.1 Å². The largest absolute Gasteiger partial charge is 0.393 e. The highest BCUT2D eigenvalue weighted by atomic mass is 16.3. The average molecular weight is 322 g/mol. The van der Waals surface area contributed by atoms with E-state index in [1.165, 1.54) is 11.0 Å². The van der Waals surface area contributed by atoms with Gasteiger partial charge in [-0.1, -0.05) is 41.9 Å². The van der Waals surface area contributed by atoms with Crippen LogP contribution in [0.2, 0.25) is 0 Å². The third-order valence-corrected chi connectivity index (χ3v) is 4.63. The Labute approximate surface area is 143 Å². The van der Waals surface area contributed by atoms with Gasteiger partial charge in [-0.2, -0.15) is 0 Å². The number of nitrogens with one attached hydrogen (secondary N) is 2. The lowest BCUT2D eigenvalue weighted by molar-refractivity contribution is 0.159. The van der Waals surface area contributed by atoms with Crippen LogP contribution in [-0.4, -0.2) is 25.1 Å². The van der Waals surface area contributed by atoms with Crippen LogP contribution in [0.5, 0.6) is 0 Å². The molecule has 0 aliphatic heterocycles. The first-order valence-electron chi connectivity index (χ1n) is 8.46. The van der Waals surface area contributed by atoms with Gasteiger partial charge in [0.15, 0.2) is 0 Å². The topological polar surface area (TPSA) is 61.4 Å². The summed E-state index contributed by atoms with van der Waals surface area (Å²) in [5.41, 5.74) is 5.32. The Hall–Kier alpha value is -2.27. The summed E-state index contributed by atoms with van der Waals surface area (Å²) in [7, 11) is 2.04. The molecule has 0 spiro atoms. The van der Waals surface area contributed by atoms with Gasteiger partial charge in [0.25, 0.3) is 0 Å². The number of urea groups is 1. The molecular formula is C19H23BN2O2. The number of carbonyl (C=O) groups excluding carboxylic acids is 1. The van der Waals surface area contributed by atoms with Gasteiger partial charge in [0, 0.05) is 12.1 Å². The van der Waals surface area contributed by atoms with Crippen LogP contribution in [0.25, 0.3) is 0 Å². The van der Waals surface area contributed by atoms with E-state index in [1.54, 1.807) is 0 Å². The maximum Gasteiger partial charge on any atom is 0.319 e. The van der Waals surface area contributed by atoms with Crippen molar-refractivity contribution in [1.82, 2.24) is 5.32 Å². The second-order valence-corrected chi connectivity index (χ2v) is 6.57. The lowest BCUT2D eigenvalue weighted by atomic mass is 9.88. The minimum Gasteiger partial charge on any atom is -0.393 e. The molecule has 3 N–H and O–H groups in total. The van der Waals surface area contributed by atoms with Crippen molar-refractivity contribution in [2.24, 2.45) is 0 Å². The standard InChI is InChI=1S/C19H23BN2O2/c1-12(13-5-8-15(20)9-6-13)21-19(24)22-18-4-2-3-14-7-10-16(23)11-17(14)18/h2-6,8-9,12,16,23H,7,10-11,20H2,1H3,(H2,21,22,24). The molecule has 1 aliphatic carbocycles. The number of rotatable bonds is 3. The smallest absolute Gasteiger partial charge is 0.319 e. The zero-order valence-corrected chi connectivity index (χ0v) is 14.2. The molecule has 24 heavy (non-hydrogen) atoms. The van der Waals surface area contributed by atoms with E-state index >= 15 is 0 Å². The summed E-state index contributed by atoms with van der Waals surface area (Å²) < 4.78 is 0. The van der Waals surface area contributed by atoms with Crippen LogP contribution in [-0.2, 0) is 12.8 Å². The van der Waals surface area contributed by atoms with E-state index in [2.05, 4.69) is 16.7 Å². The molecule has 0 saturated heterocycles. The Bertz CT molecular complexity index is 731. The van der Waals surface area contributed by atoms with Crippen molar-refractivity contribution in [2.75, 3.05) is 5.32 Å². The molecule has 0 radical (unpaired) electrons. The van der Waals surface area contributed by atoms with Gasteiger partial charge in [-0.3, -0.25) is 0 Å². The number of fused-ring (bicyclic) bond motifs is 1. The molecule has 2 aromatic carbocycles. The molecule has 3 rings (SSSR count). The Balaban J connectivity index is 1.68. The summed E-state index contributed by atoms with van der Waals surface area (Å²) in [5, 5.41) is 15.8. The van der Waals surface area contributed by atoms with Gasteiger partial charge in [0.2, 0.25) is 0 Å². The Kier molecular flexibility index (Phi) is 4.90. The number of aliphatic hydroxyl groups excluding tert-OH is 1. The number of amides is 2. The van der Waals surface area contributed by atoms with Crippen molar-refractivity contribution in [3.8, 4) is 0 Å². The Morgan fingerprint density at radius 1 is 1.25 bits per heavy atom. The summed E-state index contributed by atoms with van der Waals surface area (Å²) in [6.07, 6.45) is 1.91. The first kappa shape index (κ1) is 16.6. The molecule has 4 nitrogen and oxygen atoms in total. The van der Waals surface area contributed by atoms with E-state index in [9.17, 15) is 9.90 Å². The van der Waals surface area contributed by atoms with Crippen molar-refractivity contribution >= 4 is 25.0 Å². The zero-order chi connectivity index (χ0) is 17.1. The number of hydrogen-bond donors (Lipinski definition) is 3. The second kappa shape index (κ2) is 7.10. The van der Waals surface area contributed by atoms with Gasteiger partial charge in [0.1, 0.15) is 7.85 Å². The van der Waals surface area contributed by atoms with Gasteiger partial charge in [-0.05, 0) is 42.5 Å². The number of aryl methyl sites for hydroxylation is 1. The predicted molar refractivity (Wildman–Crippen MR) is 99.7 cm³/mol. The fourth-order valence-corrected chi connectivity index (χ4v) is 3.18. The average Bonchev–Trinajstić information content (AvgIpc) is 2.56. The third kappa shape index (κ3) is 3.79.